The summed E-state index contributed by atoms with van der Waals surface area (Å²) < 4.78 is 32.5. The van der Waals surface area contributed by atoms with E-state index in [2.05, 4.69) is 13.8 Å². The molecule has 0 bridgehead atoms. The molecular weight excluding hydrogens is 404 g/mol. The van der Waals surface area contributed by atoms with E-state index in [0.717, 1.165) is 12.8 Å². The number of ether oxygens (including phenoxy) is 1. The van der Waals surface area contributed by atoms with E-state index in [-0.39, 0.29) is 28.5 Å². The number of hydrogen-bond donors (Lipinski definition) is 0. The van der Waals surface area contributed by atoms with Gasteiger partial charge in [0.1, 0.15) is 0 Å². The van der Waals surface area contributed by atoms with E-state index in [0.29, 0.717) is 44.6 Å². The van der Waals surface area contributed by atoms with Crippen molar-refractivity contribution in [2.24, 2.45) is 5.92 Å². The Bertz CT molecular complexity index is 810. The highest BCUT2D eigenvalue weighted by molar-refractivity contribution is 7.89. The minimum Gasteiger partial charge on any atom is -0.383 e. The fourth-order valence-corrected chi connectivity index (χ4v) is 5.45. The molecule has 7 nitrogen and oxygen atoms in total. The van der Waals surface area contributed by atoms with Gasteiger partial charge in [-0.2, -0.15) is 4.31 Å². The van der Waals surface area contributed by atoms with E-state index >= 15 is 0 Å². The lowest BCUT2D eigenvalue weighted by molar-refractivity contribution is -0.140. The first-order chi connectivity index (χ1) is 14.3. The van der Waals surface area contributed by atoms with Crippen LogP contribution in [0.5, 0.6) is 0 Å². The summed E-state index contributed by atoms with van der Waals surface area (Å²) in [6.45, 7) is 7.28. The quantitative estimate of drug-likeness (QED) is 0.525. The zero-order chi connectivity index (χ0) is 22.3. The molecule has 0 saturated carbocycles. The van der Waals surface area contributed by atoms with Crippen LogP contribution in [0.3, 0.4) is 0 Å². The van der Waals surface area contributed by atoms with Crippen molar-refractivity contribution in [2.75, 3.05) is 33.4 Å². The summed E-state index contributed by atoms with van der Waals surface area (Å²) in [5.41, 5.74) is 0.482. The number of nitrogens with zero attached hydrogens (tertiary/aromatic N) is 2. The molecule has 2 rings (SSSR count). The summed E-state index contributed by atoms with van der Waals surface area (Å²) in [4.78, 5) is 26.7. The van der Waals surface area contributed by atoms with Crippen molar-refractivity contribution >= 4 is 21.7 Å². The molecule has 1 aromatic carbocycles. The van der Waals surface area contributed by atoms with Crippen molar-refractivity contribution in [3.8, 4) is 0 Å². The van der Waals surface area contributed by atoms with Crippen molar-refractivity contribution in [1.29, 1.82) is 0 Å². The minimum absolute atomic E-state index is 0.101. The molecule has 0 N–H and O–H groups in total. The number of carbonyl (C=O) groups is 2. The van der Waals surface area contributed by atoms with Crippen molar-refractivity contribution in [1.82, 2.24) is 9.21 Å². The van der Waals surface area contributed by atoms with Crippen LogP contribution in [0.15, 0.2) is 29.2 Å². The highest BCUT2D eigenvalue weighted by Crippen LogP contribution is 2.26. The fourth-order valence-electron chi connectivity index (χ4n) is 3.98. The number of piperidine rings is 1. The standard InChI is InChI=1S/C22H34N2O5S/c1-5-20(6-2)24(15-16-29-4)22(26)19-11-13-23(14-12-19)30(27,28)21-9-7-18(8-10-21)17(3)25/h7-10,19-20H,5-6,11-16H2,1-4H3. The summed E-state index contributed by atoms with van der Waals surface area (Å²) in [6.07, 6.45) is 2.78. The Kier molecular flexibility index (Phi) is 9.00. The van der Waals surface area contributed by atoms with Gasteiger partial charge in [0.25, 0.3) is 0 Å². The maximum Gasteiger partial charge on any atom is 0.243 e. The summed E-state index contributed by atoms with van der Waals surface area (Å²) in [5.74, 6) is -0.175. The summed E-state index contributed by atoms with van der Waals surface area (Å²) >= 11 is 0. The smallest absolute Gasteiger partial charge is 0.243 e. The van der Waals surface area contributed by atoms with Crippen LogP contribution in [0, 0.1) is 5.92 Å². The maximum absolute atomic E-state index is 13.2. The molecule has 1 fully saturated rings. The van der Waals surface area contributed by atoms with Gasteiger partial charge in [0.2, 0.25) is 15.9 Å². The first-order valence-corrected chi connectivity index (χ1v) is 12.1. The summed E-state index contributed by atoms with van der Waals surface area (Å²) in [5, 5.41) is 0. The molecule has 8 heteroatoms. The molecule has 1 aromatic rings. The van der Waals surface area contributed by atoms with Crippen LogP contribution in [0.25, 0.3) is 0 Å². The molecule has 1 saturated heterocycles. The van der Waals surface area contributed by atoms with Gasteiger partial charge in [0.05, 0.1) is 11.5 Å². The topological polar surface area (TPSA) is 84.0 Å². The number of sulfonamides is 1. The summed E-state index contributed by atoms with van der Waals surface area (Å²) in [6, 6.07) is 6.20. The molecule has 0 radical (unpaired) electrons. The van der Waals surface area contributed by atoms with Gasteiger partial charge in [0, 0.05) is 44.3 Å². The molecule has 0 aliphatic carbocycles. The largest absolute Gasteiger partial charge is 0.383 e. The van der Waals surface area contributed by atoms with Crippen molar-refractivity contribution in [3.05, 3.63) is 29.8 Å². The third kappa shape index (κ3) is 5.68. The first-order valence-electron chi connectivity index (χ1n) is 10.7. The van der Waals surface area contributed by atoms with Gasteiger partial charge in [-0.1, -0.05) is 26.0 Å². The van der Waals surface area contributed by atoms with Crippen LogP contribution in [0.4, 0.5) is 0 Å². The van der Waals surface area contributed by atoms with Gasteiger partial charge in [-0.25, -0.2) is 8.42 Å². The Morgan fingerprint density at radius 1 is 1.13 bits per heavy atom. The summed E-state index contributed by atoms with van der Waals surface area (Å²) in [7, 11) is -2.01. The molecule has 30 heavy (non-hydrogen) atoms. The average molecular weight is 439 g/mol. The number of ketones is 1. The van der Waals surface area contributed by atoms with E-state index in [4.69, 9.17) is 4.74 Å². The highest BCUT2D eigenvalue weighted by Gasteiger charge is 2.35. The van der Waals surface area contributed by atoms with Gasteiger partial charge in [0.15, 0.2) is 5.78 Å². The second-order valence-electron chi connectivity index (χ2n) is 7.75. The lowest BCUT2D eigenvalue weighted by Crippen LogP contribution is -2.48. The minimum atomic E-state index is -3.64. The first kappa shape index (κ1) is 24.5. The molecule has 1 aliphatic heterocycles. The zero-order valence-corrected chi connectivity index (χ0v) is 19.3. The fraction of sp³-hybridized carbons (Fsp3) is 0.636. The van der Waals surface area contributed by atoms with Gasteiger partial charge in [-0.3, -0.25) is 9.59 Å². The Labute approximate surface area is 180 Å². The van der Waals surface area contributed by atoms with Gasteiger partial charge >= 0.3 is 0 Å². The molecule has 1 amide bonds. The molecular formula is C22H34N2O5S. The molecule has 168 valence electrons. The predicted molar refractivity (Wildman–Crippen MR) is 116 cm³/mol. The number of methoxy groups -OCH3 is 1. The van der Waals surface area contributed by atoms with Crippen LogP contribution < -0.4 is 0 Å². The number of hydrogen-bond acceptors (Lipinski definition) is 5. The average Bonchev–Trinajstić information content (AvgIpc) is 2.76. The SMILES string of the molecule is CCC(CC)N(CCOC)C(=O)C1CCN(S(=O)(=O)c2ccc(C(C)=O)cc2)CC1. The molecule has 0 unspecified atom stereocenters. The third-order valence-electron chi connectivity index (χ3n) is 5.90. The number of Topliss-reactive ketones (excluding diaryl/α,β-unsaturated/α-hetero) is 1. The van der Waals surface area contributed by atoms with E-state index in [1.165, 1.54) is 35.5 Å². The van der Waals surface area contributed by atoms with E-state index < -0.39 is 10.0 Å². The van der Waals surface area contributed by atoms with Gasteiger partial charge in [-0.15, -0.1) is 0 Å². The number of amides is 1. The van der Waals surface area contributed by atoms with Crippen LogP contribution >= 0.6 is 0 Å². The highest BCUT2D eigenvalue weighted by atomic mass is 32.2. The van der Waals surface area contributed by atoms with E-state index in [1.807, 2.05) is 4.90 Å². The molecule has 0 aromatic heterocycles. The number of carbonyl (C=O) groups excluding carboxylic acids is 2. The third-order valence-corrected chi connectivity index (χ3v) is 7.82. The normalized spacial score (nSPS) is 16.0. The zero-order valence-electron chi connectivity index (χ0n) is 18.5. The Balaban J connectivity index is 2.06. The monoisotopic (exact) mass is 438 g/mol. The molecule has 0 spiro atoms. The number of benzene rings is 1. The second kappa shape index (κ2) is 11.0. The number of rotatable bonds is 10. The molecule has 1 heterocycles. The van der Waals surface area contributed by atoms with E-state index in [9.17, 15) is 18.0 Å². The lowest BCUT2D eigenvalue weighted by atomic mass is 9.95. The van der Waals surface area contributed by atoms with Crippen molar-refractivity contribution < 1.29 is 22.7 Å². The predicted octanol–water partition coefficient (Wildman–Crippen LogP) is 2.95. The van der Waals surface area contributed by atoms with Crippen LogP contribution in [0.1, 0.15) is 56.8 Å². The Hall–Kier alpha value is -1.77. The maximum atomic E-state index is 13.2. The Morgan fingerprint density at radius 2 is 1.70 bits per heavy atom. The van der Waals surface area contributed by atoms with Crippen molar-refractivity contribution in [2.45, 2.75) is 57.4 Å². The van der Waals surface area contributed by atoms with Crippen molar-refractivity contribution in [3.63, 3.8) is 0 Å². The Morgan fingerprint density at radius 3 is 2.17 bits per heavy atom. The van der Waals surface area contributed by atoms with Gasteiger partial charge < -0.3 is 9.64 Å². The second-order valence-corrected chi connectivity index (χ2v) is 9.69. The van der Waals surface area contributed by atoms with Crippen LogP contribution in [-0.4, -0.2) is 68.7 Å². The van der Waals surface area contributed by atoms with Crippen LogP contribution in [0.2, 0.25) is 0 Å². The lowest BCUT2D eigenvalue weighted by Gasteiger charge is -2.37. The van der Waals surface area contributed by atoms with E-state index in [1.54, 1.807) is 7.11 Å². The molecule has 1 aliphatic rings. The molecule has 0 atom stereocenters. The van der Waals surface area contributed by atoms with Crippen LogP contribution in [-0.2, 0) is 19.6 Å². The van der Waals surface area contributed by atoms with Gasteiger partial charge in [-0.05, 0) is 44.7 Å².